The average molecular weight is 269 g/mol. The van der Waals surface area contributed by atoms with Crippen LogP contribution < -0.4 is 5.73 Å². The van der Waals surface area contributed by atoms with Crippen molar-refractivity contribution in [2.24, 2.45) is 0 Å². The maximum absolute atomic E-state index is 13.0. The second kappa shape index (κ2) is 4.73. The third-order valence-electron chi connectivity index (χ3n) is 3.00. The molecule has 5 nitrogen and oxygen atoms in total. The van der Waals surface area contributed by atoms with Crippen LogP contribution in [0.15, 0.2) is 36.5 Å². The average Bonchev–Trinajstić information content (AvgIpc) is 2.81. The molecule has 3 aromatic rings. The topological polar surface area (TPSA) is 80.5 Å². The van der Waals surface area contributed by atoms with Crippen molar-refractivity contribution in [2.45, 2.75) is 6.92 Å². The normalized spacial score (nSPS) is 10.7. The van der Waals surface area contributed by atoms with Crippen molar-refractivity contribution in [3.63, 3.8) is 0 Å². The zero-order valence-corrected chi connectivity index (χ0v) is 10.8. The molecule has 0 bridgehead atoms. The molecule has 0 aliphatic carbocycles. The number of nitrogens with one attached hydrogen (secondary N) is 1. The summed E-state index contributed by atoms with van der Waals surface area (Å²) in [6, 6.07) is 7.92. The van der Waals surface area contributed by atoms with Gasteiger partial charge in [0.05, 0.1) is 5.69 Å². The summed E-state index contributed by atoms with van der Waals surface area (Å²) in [5.41, 5.74) is 9.52. The van der Waals surface area contributed by atoms with Crippen LogP contribution >= 0.6 is 0 Å². The summed E-state index contributed by atoms with van der Waals surface area (Å²) in [7, 11) is 0. The van der Waals surface area contributed by atoms with Gasteiger partial charge in [-0.1, -0.05) is 0 Å². The molecule has 0 amide bonds. The first-order valence-corrected chi connectivity index (χ1v) is 6.05. The number of hydrogen-bond donors (Lipinski definition) is 2. The summed E-state index contributed by atoms with van der Waals surface area (Å²) >= 11 is 0. The van der Waals surface area contributed by atoms with E-state index in [0.29, 0.717) is 11.4 Å². The van der Waals surface area contributed by atoms with Gasteiger partial charge in [-0.25, -0.2) is 14.4 Å². The molecule has 3 N–H and O–H groups in total. The molecule has 0 radical (unpaired) electrons. The smallest absolute Gasteiger partial charge is 0.220 e. The van der Waals surface area contributed by atoms with Gasteiger partial charge in [0.1, 0.15) is 11.5 Å². The van der Waals surface area contributed by atoms with E-state index in [1.165, 1.54) is 12.1 Å². The predicted molar refractivity (Wildman–Crippen MR) is 74.2 cm³/mol. The highest BCUT2D eigenvalue weighted by molar-refractivity contribution is 5.80. The van der Waals surface area contributed by atoms with Gasteiger partial charge in [-0.15, -0.1) is 0 Å². The van der Waals surface area contributed by atoms with Crippen LogP contribution in [0, 0.1) is 12.7 Å². The Morgan fingerprint density at radius 1 is 1.15 bits per heavy atom. The minimum Gasteiger partial charge on any atom is -0.368 e. The maximum Gasteiger partial charge on any atom is 0.220 e. The van der Waals surface area contributed by atoms with Gasteiger partial charge in [-0.2, -0.15) is 5.10 Å². The van der Waals surface area contributed by atoms with Crippen LogP contribution in [0.4, 0.5) is 10.3 Å². The van der Waals surface area contributed by atoms with E-state index in [4.69, 9.17) is 5.73 Å². The van der Waals surface area contributed by atoms with E-state index in [1.807, 2.05) is 6.92 Å². The monoisotopic (exact) mass is 269 g/mol. The van der Waals surface area contributed by atoms with Gasteiger partial charge >= 0.3 is 0 Å². The number of nitrogens with zero attached hydrogens (tertiary/aromatic N) is 3. The van der Waals surface area contributed by atoms with Crippen LogP contribution in [0.3, 0.4) is 0 Å². The van der Waals surface area contributed by atoms with Gasteiger partial charge in [0.25, 0.3) is 0 Å². The fraction of sp³-hybridized carbons (Fsp3) is 0.0714. The van der Waals surface area contributed by atoms with E-state index in [9.17, 15) is 4.39 Å². The molecule has 2 aromatic heterocycles. The number of rotatable bonds is 2. The van der Waals surface area contributed by atoms with Gasteiger partial charge in [-0.3, -0.25) is 5.10 Å². The first kappa shape index (κ1) is 12.3. The second-order valence-corrected chi connectivity index (χ2v) is 4.38. The third kappa shape index (κ3) is 2.11. The number of nitrogens with two attached hydrogens (primary N) is 1. The van der Waals surface area contributed by atoms with Crippen molar-refractivity contribution in [1.82, 2.24) is 20.2 Å². The lowest BCUT2D eigenvalue weighted by molar-refractivity contribution is 0.628. The van der Waals surface area contributed by atoms with Crippen molar-refractivity contribution in [3.05, 3.63) is 48.0 Å². The lowest BCUT2D eigenvalue weighted by Crippen LogP contribution is -1.96. The third-order valence-corrected chi connectivity index (χ3v) is 3.00. The number of aromatic amines is 1. The summed E-state index contributed by atoms with van der Waals surface area (Å²) in [4.78, 5) is 8.09. The van der Waals surface area contributed by atoms with Crippen LogP contribution in [-0.4, -0.2) is 20.2 Å². The zero-order chi connectivity index (χ0) is 14.1. The fourth-order valence-corrected chi connectivity index (χ4v) is 2.07. The van der Waals surface area contributed by atoms with Gasteiger partial charge in [0, 0.05) is 23.0 Å². The molecule has 0 saturated heterocycles. The molecule has 0 fully saturated rings. The molecule has 20 heavy (non-hydrogen) atoms. The number of H-pyrrole nitrogens is 1. The molecule has 1 aromatic carbocycles. The second-order valence-electron chi connectivity index (χ2n) is 4.38. The highest BCUT2D eigenvalue weighted by Gasteiger charge is 2.15. The van der Waals surface area contributed by atoms with Crippen molar-refractivity contribution in [2.75, 3.05) is 5.73 Å². The quantitative estimate of drug-likeness (QED) is 0.749. The summed E-state index contributed by atoms with van der Waals surface area (Å²) in [6.45, 7) is 1.90. The highest BCUT2D eigenvalue weighted by atomic mass is 19.1. The van der Waals surface area contributed by atoms with Gasteiger partial charge in [0.2, 0.25) is 5.95 Å². The Morgan fingerprint density at radius 3 is 2.60 bits per heavy atom. The molecule has 3 rings (SSSR count). The largest absolute Gasteiger partial charge is 0.368 e. The molecule has 6 heteroatoms. The summed E-state index contributed by atoms with van der Waals surface area (Å²) < 4.78 is 13.0. The summed E-state index contributed by atoms with van der Waals surface area (Å²) in [5, 5.41) is 7.20. The van der Waals surface area contributed by atoms with Crippen molar-refractivity contribution >= 4 is 5.95 Å². The van der Waals surface area contributed by atoms with Crippen LogP contribution in [0.2, 0.25) is 0 Å². The molecule has 0 spiro atoms. The number of aryl methyl sites for hydroxylation is 1. The molecular weight excluding hydrogens is 257 g/mol. The van der Waals surface area contributed by atoms with E-state index >= 15 is 0 Å². The maximum atomic E-state index is 13.0. The number of aromatic nitrogens is 4. The molecular formula is C14H12FN5. The Hall–Kier alpha value is -2.76. The standard InChI is InChI=1S/C14H12FN5/c1-8-12(11-6-7-17-14(16)18-11)13(20-19-8)9-2-4-10(15)5-3-9/h2-7H,1H3,(H,19,20)(H2,16,17,18). The van der Waals surface area contributed by atoms with Crippen molar-refractivity contribution < 1.29 is 4.39 Å². The van der Waals surface area contributed by atoms with Crippen LogP contribution in [0.5, 0.6) is 0 Å². The Balaban J connectivity index is 2.17. The lowest BCUT2D eigenvalue weighted by atomic mass is 10.0. The lowest BCUT2D eigenvalue weighted by Gasteiger charge is -2.04. The number of anilines is 1. The minimum atomic E-state index is -0.283. The Kier molecular flexibility index (Phi) is 2.90. The van der Waals surface area contributed by atoms with Gasteiger partial charge in [0.15, 0.2) is 0 Å². The SMILES string of the molecule is Cc1[nH]nc(-c2ccc(F)cc2)c1-c1ccnc(N)n1. The van der Waals surface area contributed by atoms with Crippen LogP contribution in [0.25, 0.3) is 22.5 Å². The van der Waals surface area contributed by atoms with E-state index in [-0.39, 0.29) is 11.8 Å². The molecule has 0 aliphatic rings. The van der Waals surface area contributed by atoms with Crippen LogP contribution in [0.1, 0.15) is 5.69 Å². The van der Waals surface area contributed by atoms with Gasteiger partial charge in [-0.05, 0) is 37.3 Å². The Morgan fingerprint density at radius 2 is 1.90 bits per heavy atom. The number of benzene rings is 1. The van der Waals surface area contributed by atoms with E-state index in [0.717, 1.165) is 16.8 Å². The predicted octanol–water partition coefficient (Wildman–Crippen LogP) is 2.56. The highest BCUT2D eigenvalue weighted by Crippen LogP contribution is 2.31. The van der Waals surface area contributed by atoms with E-state index < -0.39 is 0 Å². The minimum absolute atomic E-state index is 0.202. The van der Waals surface area contributed by atoms with Gasteiger partial charge < -0.3 is 5.73 Å². The zero-order valence-electron chi connectivity index (χ0n) is 10.8. The van der Waals surface area contributed by atoms with Crippen molar-refractivity contribution in [1.29, 1.82) is 0 Å². The number of nitrogen functional groups attached to an aromatic ring is 1. The van der Waals surface area contributed by atoms with E-state index in [1.54, 1.807) is 24.4 Å². The number of halogens is 1. The Bertz CT molecular complexity index is 749. The first-order valence-electron chi connectivity index (χ1n) is 6.05. The number of hydrogen-bond acceptors (Lipinski definition) is 4. The summed E-state index contributed by atoms with van der Waals surface area (Å²) in [5.74, 6) is -0.0815. The van der Waals surface area contributed by atoms with E-state index in [2.05, 4.69) is 20.2 Å². The molecule has 100 valence electrons. The molecule has 0 aliphatic heterocycles. The summed E-state index contributed by atoms with van der Waals surface area (Å²) in [6.07, 6.45) is 1.60. The van der Waals surface area contributed by atoms with Crippen LogP contribution in [-0.2, 0) is 0 Å². The molecule has 2 heterocycles. The molecule has 0 saturated carbocycles. The molecule has 0 atom stereocenters. The van der Waals surface area contributed by atoms with Crippen molar-refractivity contribution in [3.8, 4) is 22.5 Å². The Labute approximate surface area is 114 Å². The fourth-order valence-electron chi connectivity index (χ4n) is 2.07. The first-order chi connectivity index (χ1) is 9.65. The molecule has 0 unspecified atom stereocenters.